The fourth-order valence-electron chi connectivity index (χ4n) is 3.76. The Morgan fingerprint density at radius 3 is 2.52 bits per heavy atom. The molecule has 152 valence electrons. The Labute approximate surface area is 180 Å². The van der Waals surface area contributed by atoms with Crippen LogP contribution in [0, 0.1) is 0 Å². The monoisotopic (exact) mass is 407 g/mol. The molecule has 5 rings (SSSR count). The Balaban J connectivity index is 1.33. The van der Waals surface area contributed by atoms with Gasteiger partial charge in [-0.1, -0.05) is 54.6 Å². The van der Waals surface area contributed by atoms with E-state index in [1.165, 1.54) is 5.56 Å². The van der Waals surface area contributed by atoms with Crippen LogP contribution in [-0.4, -0.2) is 17.6 Å². The second-order valence-electron chi connectivity index (χ2n) is 7.57. The molecule has 0 bridgehead atoms. The number of fused-ring (bicyclic) bond motifs is 1. The summed E-state index contributed by atoms with van der Waals surface area (Å²) < 4.78 is 11.0. The second kappa shape index (κ2) is 8.44. The number of cyclic esters (lactones) is 1. The summed E-state index contributed by atoms with van der Waals surface area (Å²) in [6.07, 6.45) is 4.13. The topological polar surface area (TPSA) is 48.4 Å². The molecule has 0 N–H and O–H groups in total. The van der Waals surface area contributed by atoms with Gasteiger partial charge in [0.05, 0.1) is 5.69 Å². The van der Waals surface area contributed by atoms with E-state index in [1.54, 1.807) is 6.08 Å². The van der Waals surface area contributed by atoms with Gasteiger partial charge in [0.1, 0.15) is 19.0 Å². The Kier molecular flexibility index (Phi) is 5.19. The molecule has 0 amide bonds. The number of aromatic nitrogens is 1. The van der Waals surface area contributed by atoms with Crippen LogP contribution in [0.2, 0.25) is 0 Å². The summed E-state index contributed by atoms with van der Waals surface area (Å²) in [5.74, 6) is 0.575. The summed E-state index contributed by atoms with van der Waals surface area (Å²) >= 11 is 0. The van der Waals surface area contributed by atoms with E-state index in [0.29, 0.717) is 13.2 Å². The Hall–Kier alpha value is -3.92. The molecule has 1 aliphatic heterocycles. The third kappa shape index (κ3) is 4.33. The molecule has 0 unspecified atom stereocenters. The van der Waals surface area contributed by atoms with Crippen molar-refractivity contribution in [3.05, 3.63) is 114 Å². The number of rotatable bonds is 6. The van der Waals surface area contributed by atoms with E-state index in [2.05, 4.69) is 41.4 Å². The number of esters is 1. The van der Waals surface area contributed by atoms with E-state index in [9.17, 15) is 4.79 Å². The van der Waals surface area contributed by atoms with E-state index in [1.807, 2.05) is 48.7 Å². The van der Waals surface area contributed by atoms with Crippen LogP contribution < -0.4 is 4.74 Å². The van der Waals surface area contributed by atoms with Crippen molar-refractivity contribution in [2.24, 2.45) is 0 Å². The Morgan fingerprint density at radius 1 is 0.903 bits per heavy atom. The molecule has 3 aromatic carbocycles. The molecule has 31 heavy (non-hydrogen) atoms. The SMILES string of the molecule is O=C1C=C(c2ccc(Cc3nccc4cc(OCc5ccccc5)ccc34)cc2)CO1. The average molecular weight is 407 g/mol. The van der Waals surface area contributed by atoms with Crippen LogP contribution >= 0.6 is 0 Å². The smallest absolute Gasteiger partial charge is 0.331 e. The van der Waals surface area contributed by atoms with E-state index in [0.717, 1.165) is 45.3 Å². The summed E-state index contributed by atoms with van der Waals surface area (Å²) in [5.41, 5.74) is 5.27. The van der Waals surface area contributed by atoms with Gasteiger partial charge in [0, 0.05) is 29.7 Å². The minimum atomic E-state index is -0.272. The molecular formula is C27H21NO3. The first-order valence-corrected chi connectivity index (χ1v) is 10.3. The zero-order chi connectivity index (χ0) is 21.0. The normalized spacial score (nSPS) is 13.2. The van der Waals surface area contributed by atoms with Crippen LogP contribution in [0.25, 0.3) is 16.3 Å². The van der Waals surface area contributed by atoms with E-state index >= 15 is 0 Å². The molecule has 1 aromatic heterocycles. The Bertz CT molecular complexity index is 1260. The third-order valence-electron chi connectivity index (χ3n) is 5.43. The molecule has 0 atom stereocenters. The van der Waals surface area contributed by atoms with E-state index < -0.39 is 0 Å². The standard InChI is InChI=1S/C27H21NO3/c29-27-16-23(18-31-27)21-8-6-19(7-9-21)14-26-25-11-10-24(15-22(25)12-13-28-26)30-17-20-4-2-1-3-5-20/h1-13,15-16H,14,17-18H2. The Morgan fingerprint density at radius 2 is 1.74 bits per heavy atom. The van der Waals surface area contributed by atoms with Gasteiger partial charge in [0.25, 0.3) is 0 Å². The molecule has 2 heterocycles. The summed E-state index contributed by atoms with van der Waals surface area (Å²) in [6, 6.07) is 26.5. The van der Waals surface area contributed by atoms with Gasteiger partial charge < -0.3 is 9.47 Å². The lowest BCUT2D eigenvalue weighted by atomic mass is 10.0. The molecule has 0 saturated heterocycles. The van der Waals surface area contributed by atoms with Crippen molar-refractivity contribution < 1.29 is 14.3 Å². The van der Waals surface area contributed by atoms with Gasteiger partial charge in [-0.25, -0.2) is 4.79 Å². The minimum absolute atomic E-state index is 0.272. The second-order valence-corrected chi connectivity index (χ2v) is 7.57. The van der Waals surface area contributed by atoms with Crippen LogP contribution in [0.1, 0.15) is 22.4 Å². The number of carbonyl (C=O) groups is 1. The third-order valence-corrected chi connectivity index (χ3v) is 5.43. The minimum Gasteiger partial charge on any atom is -0.489 e. The van der Waals surface area contributed by atoms with Gasteiger partial charge in [0.15, 0.2) is 0 Å². The number of benzene rings is 3. The number of carbonyl (C=O) groups excluding carboxylic acids is 1. The van der Waals surface area contributed by atoms with Gasteiger partial charge >= 0.3 is 5.97 Å². The van der Waals surface area contributed by atoms with Crippen LogP contribution in [0.5, 0.6) is 5.75 Å². The van der Waals surface area contributed by atoms with Crippen LogP contribution in [0.4, 0.5) is 0 Å². The highest BCUT2D eigenvalue weighted by atomic mass is 16.5. The lowest BCUT2D eigenvalue weighted by Crippen LogP contribution is -1.97. The van der Waals surface area contributed by atoms with Crippen molar-refractivity contribution in [1.82, 2.24) is 4.98 Å². The van der Waals surface area contributed by atoms with Gasteiger partial charge in [-0.05, 0) is 46.3 Å². The molecule has 0 aliphatic carbocycles. The number of hydrogen-bond donors (Lipinski definition) is 0. The van der Waals surface area contributed by atoms with Crippen molar-refractivity contribution >= 4 is 22.3 Å². The molecule has 0 fully saturated rings. The fourth-order valence-corrected chi connectivity index (χ4v) is 3.76. The summed E-state index contributed by atoms with van der Waals surface area (Å²) in [6.45, 7) is 0.890. The molecule has 0 saturated carbocycles. The maximum Gasteiger partial charge on any atom is 0.331 e. The number of nitrogens with zero attached hydrogens (tertiary/aromatic N) is 1. The van der Waals surface area contributed by atoms with Crippen molar-refractivity contribution in [2.75, 3.05) is 6.61 Å². The van der Waals surface area contributed by atoms with E-state index in [4.69, 9.17) is 9.47 Å². The molecule has 0 spiro atoms. The van der Waals surface area contributed by atoms with Gasteiger partial charge in [-0.15, -0.1) is 0 Å². The van der Waals surface area contributed by atoms with Crippen LogP contribution in [0.15, 0.2) is 91.1 Å². The maximum absolute atomic E-state index is 11.3. The molecule has 4 aromatic rings. The predicted octanol–water partition coefficient (Wildman–Crippen LogP) is 5.34. The largest absolute Gasteiger partial charge is 0.489 e. The first-order chi connectivity index (χ1) is 15.2. The number of ether oxygens (including phenoxy) is 2. The quantitative estimate of drug-likeness (QED) is 0.405. The molecule has 4 nitrogen and oxygen atoms in total. The van der Waals surface area contributed by atoms with Crippen molar-refractivity contribution in [2.45, 2.75) is 13.0 Å². The average Bonchev–Trinajstić information content (AvgIpc) is 3.25. The van der Waals surface area contributed by atoms with Crippen molar-refractivity contribution in [1.29, 1.82) is 0 Å². The maximum atomic E-state index is 11.3. The number of hydrogen-bond acceptors (Lipinski definition) is 4. The van der Waals surface area contributed by atoms with Crippen molar-refractivity contribution in [3.8, 4) is 5.75 Å². The lowest BCUT2D eigenvalue weighted by Gasteiger charge is -2.10. The van der Waals surface area contributed by atoms with Crippen LogP contribution in [0.3, 0.4) is 0 Å². The summed E-state index contributed by atoms with van der Waals surface area (Å²) in [5, 5.41) is 2.23. The highest BCUT2D eigenvalue weighted by molar-refractivity contribution is 5.95. The molecule has 0 radical (unpaired) electrons. The lowest BCUT2D eigenvalue weighted by molar-refractivity contribution is -0.134. The highest BCUT2D eigenvalue weighted by Crippen LogP contribution is 2.26. The van der Waals surface area contributed by atoms with Crippen LogP contribution in [-0.2, 0) is 22.6 Å². The first kappa shape index (κ1) is 19.1. The van der Waals surface area contributed by atoms with Gasteiger partial charge in [-0.2, -0.15) is 0 Å². The fraction of sp³-hybridized carbons (Fsp3) is 0.111. The number of pyridine rings is 1. The molecule has 4 heteroatoms. The van der Waals surface area contributed by atoms with Crippen molar-refractivity contribution in [3.63, 3.8) is 0 Å². The highest BCUT2D eigenvalue weighted by Gasteiger charge is 2.14. The summed E-state index contributed by atoms with van der Waals surface area (Å²) in [4.78, 5) is 15.9. The van der Waals surface area contributed by atoms with Gasteiger partial charge in [0.2, 0.25) is 0 Å². The van der Waals surface area contributed by atoms with E-state index in [-0.39, 0.29) is 5.97 Å². The predicted molar refractivity (Wildman–Crippen MR) is 121 cm³/mol. The zero-order valence-corrected chi connectivity index (χ0v) is 17.0. The molecular weight excluding hydrogens is 386 g/mol. The van der Waals surface area contributed by atoms with Gasteiger partial charge in [-0.3, -0.25) is 4.98 Å². The first-order valence-electron chi connectivity index (χ1n) is 10.3. The zero-order valence-electron chi connectivity index (χ0n) is 17.0. The summed E-state index contributed by atoms with van der Waals surface area (Å²) in [7, 11) is 0. The molecule has 1 aliphatic rings.